The quantitative estimate of drug-likeness (QED) is 0.339. The van der Waals surface area contributed by atoms with E-state index >= 15 is 0 Å². The van der Waals surface area contributed by atoms with Crippen LogP contribution < -0.4 is 26.4 Å². The summed E-state index contributed by atoms with van der Waals surface area (Å²) in [5.41, 5.74) is 6.84. The number of alkyl halides is 3. The molecule has 0 aliphatic rings. The lowest BCUT2D eigenvalue weighted by molar-refractivity contribution is -0.154. The minimum absolute atomic E-state index is 0.100. The summed E-state index contributed by atoms with van der Waals surface area (Å²) >= 11 is 0. The molecule has 3 rings (SSSR count). The second kappa shape index (κ2) is 11.1. The molecule has 3 aromatic rings. The summed E-state index contributed by atoms with van der Waals surface area (Å²) in [6.45, 7) is 0.893. The maximum Gasteiger partial charge on any atom is 0.422 e. The van der Waals surface area contributed by atoms with Crippen LogP contribution in [0.3, 0.4) is 0 Å². The summed E-state index contributed by atoms with van der Waals surface area (Å²) in [5, 5.41) is 8.41. The summed E-state index contributed by atoms with van der Waals surface area (Å²) in [6, 6.07) is 11.8. The fraction of sp³-hybridized carbons (Fsp3) is 0.227. The monoisotopic (exact) mass is 489 g/mol. The molecular formula is C22H22F3N7O3. The number of nitrogens with zero attached hydrogens (tertiary/aromatic N) is 3. The van der Waals surface area contributed by atoms with E-state index in [-0.39, 0.29) is 23.4 Å². The minimum Gasteiger partial charge on any atom is -0.454 e. The highest BCUT2D eigenvalue weighted by molar-refractivity contribution is 5.94. The molecule has 35 heavy (non-hydrogen) atoms. The Morgan fingerprint density at radius 1 is 0.886 bits per heavy atom. The standard InChI is InChI=1S/C22H22F3N7O3/c1-2-11-27-18(34)14-5-9-16(10-6-14)29-20-30-19(31-21(32-20)35-12-22(23,24)25)28-15-7-3-13(4-8-15)17(26)33/h3-10H,2,11-12H2,1H3,(H2,26,33)(H,27,34)(H2,28,29,30,31,32). The number of amides is 2. The van der Waals surface area contributed by atoms with Crippen molar-refractivity contribution in [2.24, 2.45) is 5.73 Å². The summed E-state index contributed by atoms with van der Waals surface area (Å²) in [6.07, 6.45) is -3.79. The van der Waals surface area contributed by atoms with Crippen LogP contribution in [0.4, 0.5) is 36.4 Å². The van der Waals surface area contributed by atoms with Gasteiger partial charge in [0.2, 0.25) is 17.8 Å². The number of nitrogens with one attached hydrogen (secondary N) is 3. The van der Waals surface area contributed by atoms with E-state index in [0.717, 1.165) is 6.42 Å². The third-order valence-electron chi connectivity index (χ3n) is 4.34. The highest BCUT2D eigenvalue weighted by Gasteiger charge is 2.29. The van der Waals surface area contributed by atoms with Crippen LogP contribution in [-0.4, -0.2) is 46.1 Å². The van der Waals surface area contributed by atoms with Gasteiger partial charge in [0.1, 0.15) is 0 Å². The molecule has 0 unspecified atom stereocenters. The van der Waals surface area contributed by atoms with Gasteiger partial charge >= 0.3 is 12.2 Å². The van der Waals surface area contributed by atoms with Gasteiger partial charge in [-0.25, -0.2) is 0 Å². The fourth-order valence-corrected chi connectivity index (χ4v) is 2.70. The Bertz CT molecular complexity index is 1170. The summed E-state index contributed by atoms with van der Waals surface area (Å²) in [4.78, 5) is 35.1. The SMILES string of the molecule is CCCNC(=O)c1ccc(Nc2nc(Nc3ccc(C(N)=O)cc3)nc(OCC(F)(F)F)n2)cc1. The average Bonchev–Trinajstić information content (AvgIpc) is 2.81. The number of rotatable bonds is 10. The zero-order valence-electron chi connectivity index (χ0n) is 18.5. The number of hydrogen-bond donors (Lipinski definition) is 4. The summed E-state index contributed by atoms with van der Waals surface area (Å²) < 4.78 is 42.6. The highest BCUT2D eigenvalue weighted by Crippen LogP contribution is 2.22. The molecule has 2 amide bonds. The van der Waals surface area contributed by atoms with Crippen LogP contribution in [0, 0.1) is 0 Å². The molecule has 0 bridgehead atoms. The Balaban J connectivity index is 1.81. The van der Waals surface area contributed by atoms with Crippen LogP contribution in [-0.2, 0) is 0 Å². The highest BCUT2D eigenvalue weighted by atomic mass is 19.4. The van der Waals surface area contributed by atoms with E-state index in [9.17, 15) is 22.8 Å². The predicted molar refractivity (Wildman–Crippen MR) is 122 cm³/mol. The molecule has 1 aromatic heterocycles. The zero-order valence-corrected chi connectivity index (χ0v) is 18.5. The van der Waals surface area contributed by atoms with E-state index in [1.807, 2.05) is 6.92 Å². The van der Waals surface area contributed by atoms with Crippen LogP contribution >= 0.6 is 0 Å². The molecule has 1 heterocycles. The van der Waals surface area contributed by atoms with Crippen molar-refractivity contribution in [1.82, 2.24) is 20.3 Å². The van der Waals surface area contributed by atoms with Gasteiger partial charge in [0, 0.05) is 29.0 Å². The Kier molecular flexibility index (Phi) is 8.02. The number of carbonyl (C=O) groups is 2. The van der Waals surface area contributed by atoms with Gasteiger partial charge in [-0.1, -0.05) is 6.92 Å². The molecule has 0 atom stereocenters. The number of hydrogen-bond acceptors (Lipinski definition) is 8. The minimum atomic E-state index is -4.59. The number of nitrogens with two attached hydrogens (primary N) is 1. The maximum absolute atomic E-state index is 12.6. The van der Waals surface area contributed by atoms with Crippen molar-refractivity contribution in [1.29, 1.82) is 0 Å². The third kappa shape index (κ3) is 7.84. The lowest BCUT2D eigenvalue weighted by atomic mass is 10.2. The van der Waals surface area contributed by atoms with Crippen molar-refractivity contribution in [3.8, 4) is 6.01 Å². The smallest absolute Gasteiger partial charge is 0.422 e. The van der Waals surface area contributed by atoms with E-state index in [1.165, 1.54) is 24.3 Å². The number of primary amides is 1. The third-order valence-corrected chi connectivity index (χ3v) is 4.34. The van der Waals surface area contributed by atoms with E-state index in [0.29, 0.717) is 23.5 Å². The number of aromatic nitrogens is 3. The number of ether oxygens (including phenoxy) is 1. The van der Waals surface area contributed by atoms with Crippen LogP contribution in [0.2, 0.25) is 0 Å². The maximum atomic E-state index is 12.6. The second-order valence-electron chi connectivity index (χ2n) is 7.19. The molecule has 0 aliphatic heterocycles. The van der Waals surface area contributed by atoms with E-state index < -0.39 is 24.7 Å². The van der Waals surface area contributed by atoms with Gasteiger partial charge in [-0.2, -0.15) is 28.1 Å². The van der Waals surface area contributed by atoms with Crippen LogP contribution in [0.25, 0.3) is 0 Å². The Labute approximate surface area is 198 Å². The van der Waals surface area contributed by atoms with Crippen molar-refractivity contribution in [2.75, 3.05) is 23.8 Å². The first kappa shape index (κ1) is 25.2. The van der Waals surface area contributed by atoms with E-state index in [4.69, 9.17) is 5.73 Å². The lowest BCUT2D eigenvalue weighted by Gasteiger charge is -2.12. The Morgan fingerprint density at radius 2 is 1.40 bits per heavy atom. The molecule has 0 spiro atoms. The molecule has 0 aliphatic carbocycles. The van der Waals surface area contributed by atoms with E-state index in [2.05, 4.69) is 35.6 Å². The number of carbonyl (C=O) groups excluding carboxylic acids is 2. The molecule has 0 radical (unpaired) electrons. The Morgan fingerprint density at radius 3 is 1.86 bits per heavy atom. The molecule has 10 nitrogen and oxygen atoms in total. The summed E-state index contributed by atoms with van der Waals surface area (Å²) in [5.74, 6) is -1.05. The summed E-state index contributed by atoms with van der Waals surface area (Å²) in [7, 11) is 0. The number of benzene rings is 2. The van der Waals surface area contributed by atoms with Crippen molar-refractivity contribution in [3.05, 3.63) is 59.7 Å². The predicted octanol–water partition coefficient (Wildman–Crippen LogP) is 3.54. The molecule has 184 valence electrons. The lowest BCUT2D eigenvalue weighted by Crippen LogP contribution is -2.23. The fourth-order valence-electron chi connectivity index (χ4n) is 2.70. The van der Waals surface area contributed by atoms with Gasteiger partial charge in [-0.15, -0.1) is 0 Å². The van der Waals surface area contributed by atoms with Gasteiger partial charge in [-0.3, -0.25) is 9.59 Å². The average molecular weight is 489 g/mol. The van der Waals surface area contributed by atoms with Crippen LogP contribution in [0.1, 0.15) is 34.1 Å². The molecule has 0 saturated carbocycles. The normalized spacial score (nSPS) is 11.0. The molecular weight excluding hydrogens is 467 g/mol. The number of halogens is 3. The molecule has 2 aromatic carbocycles. The van der Waals surface area contributed by atoms with Crippen molar-refractivity contribution in [3.63, 3.8) is 0 Å². The van der Waals surface area contributed by atoms with Crippen molar-refractivity contribution < 1.29 is 27.5 Å². The van der Waals surface area contributed by atoms with Crippen molar-refractivity contribution >= 4 is 35.1 Å². The van der Waals surface area contributed by atoms with Gasteiger partial charge in [0.25, 0.3) is 5.91 Å². The Hall–Kier alpha value is -4.42. The molecule has 0 saturated heterocycles. The number of anilines is 4. The largest absolute Gasteiger partial charge is 0.454 e. The van der Waals surface area contributed by atoms with Gasteiger partial charge in [0.15, 0.2) is 6.61 Å². The zero-order chi connectivity index (χ0) is 25.4. The molecule has 0 fully saturated rings. The van der Waals surface area contributed by atoms with Gasteiger partial charge in [0.05, 0.1) is 0 Å². The van der Waals surface area contributed by atoms with Crippen LogP contribution in [0.15, 0.2) is 48.5 Å². The molecule has 5 N–H and O–H groups in total. The van der Waals surface area contributed by atoms with E-state index in [1.54, 1.807) is 24.3 Å². The second-order valence-corrected chi connectivity index (χ2v) is 7.19. The van der Waals surface area contributed by atoms with Gasteiger partial charge in [-0.05, 0) is 55.0 Å². The van der Waals surface area contributed by atoms with Crippen LogP contribution in [0.5, 0.6) is 6.01 Å². The first-order valence-corrected chi connectivity index (χ1v) is 10.4. The topological polar surface area (TPSA) is 144 Å². The molecule has 13 heteroatoms. The van der Waals surface area contributed by atoms with Crippen molar-refractivity contribution in [2.45, 2.75) is 19.5 Å². The first-order valence-electron chi connectivity index (χ1n) is 10.4. The van der Waals surface area contributed by atoms with Gasteiger partial charge < -0.3 is 26.4 Å². The first-order chi connectivity index (χ1) is 16.6.